The first kappa shape index (κ1) is 8.83. The van der Waals surface area contributed by atoms with Gasteiger partial charge in [-0.3, -0.25) is 4.79 Å². The Hall–Kier alpha value is -1.26. The van der Waals surface area contributed by atoms with Crippen LogP contribution in [0, 0.1) is 0 Å². The van der Waals surface area contributed by atoms with Crippen LogP contribution in [0.4, 0.5) is 4.79 Å². The second-order valence-electron chi connectivity index (χ2n) is 2.81. The number of nitrogens with zero attached hydrogens (tertiary/aromatic N) is 1. The first-order chi connectivity index (χ1) is 5.59. The zero-order valence-corrected chi connectivity index (χ0v) is 6.95. The van der Waals surface area contributed by atoms with E-state index < -0.39 is 6.09 Å². The molecule has 0 radical (unpaired) electrons. The van der Waals surface area contributed by atoms with Crippen molar-refractivity contribution >= 4 is 12.0 Å². The van der Waals surface area contributed by atoms with Crippen LogP contribution in [0.5, 0.6) is 0 Å². The molecule has 1 aliphatic heterocycles. The van der Waals surface area contributed by atoms with Crippen LogP contribution in [0.3, 0.4) is 0 Å². The molecule has 2 N–H and O–H groups in total. The van der Waals surface area contributed by atoms with Gasteiger partial charge in [0.1, 0.15) is 6.10 Å². The number of hydrogen-bond donors (Lipinski definition) is 1. The SMILES string of the molecule is CC(=O)N1CCC(OC(N)=O)C1. The van der Waals surface area contributed by atoms with E-state index in [0.29, 0.717) is 19.5 Å². The Kier molecular flexibility index (Phi) is 2.52. The van der Waals surface area contributed by atoms with Gasteiger partial charge in [0.2, 0.25) is 5.91 Å². The van der Waals surface area contributed by atoms with Gasteiger partial charge in [-0.1, -0.05) is 0 Å². The van der Waals surface area contributed by atoms with E-state index in [-0.39, 0.29) is 12.0 Å². The van der Waals surface area contributed by atoms with Crippen LogP contribution in [0.2, 0.25) is 0 Å². The van der Waals surface area contributed by atoms with Crippen molar-refractivity contribution in [1.29, 1.82) is 0 Å². The van der Waals surface area contributed by atoms with Gasteiger partial charge in [0.15, 0.2) is 0 Å². The van der Waals surface area contributed by atoms with E-state index in [4.69, 9.17) is 10.5 Å². The van der Waals surface area contributed by atoms with Crippen LogP contribution in [0.25, 0.3) is 0 Å². The number of nitrogens with two attached hydrogens (primary N) is 1. The van der Waals surface area contributed by atoms with Crippen molar-refractivity contribution in [3.8, 4) is 0 Å². The second-order valence-corrected chi connectivity index (χ2v) is 2.81. The van der Waals surface area contributed by atoms with Crippen molar-refractivity contribution in [2.24, 2.45) is 5.73 Å². The topological polar surface area (TPSA) is 72.6 Å². The summed E-state index contributed by atoms with van der Waals surface area (Å²) in [5.74, 6) is 0.00516. The predicted octanol–water partition coefficient (Wildman–Crippen LogP) is -0.297. The molecule has 1 saturated heterocycles. The van der Waals surface area contributed by atoms with E-state index >= 15 is 0 Å². The van der Waals surface area contributed by atoms with Crippen LogP contribution in [-0.4, -0.2) is 36.1 Å². The average molecular weight is 172 g/mol. The molecule has 0 aliphatic carbocycles. The minimum atomic E-state index is -0.773. The summed E-state index contributed by atoms with van der Waals surface area (Å²) in [5.41, 5.74) is 4.83. The Balaban J connectivity index is 2.35. The Morgan fingerprint density at radius 2 is 2.25 bits per heavy atom. The molecule has 1 unspecified atom stereocenters. The molecule has 1 aliphatic rings. The van der Waals surface area contributed by atoms with E-state index in [1.807, 2.05) is 0 Å². The summed E-state index contributed by atoms with van der Waals surface area (Å²) in [6.45, 7) is 2.61. The van der Waals surface area contributed by atoms with Crippen molar-refractivity contribution in [2.75, 3.05) is 13.1 Å². The summed E-state index contributed by atoms with van der Waals surface area (Å²) in [5, 5.41) is 0. The van der Waals surface area contributed by atoms with Crippen molar-refractivity contribution in [3.05, 3.63) is 0 Å². The minimum absolute atomic E-state index is 0.00516. The molecule has 12 heavy (non-hydrogen) atoms. The van der Waals surface area contributed by atoms with Crippen LogP contribution < -0.4 is 5.73 Å². The van der Waals surface area contributed by atoms with Gasteiger partial charge in [0.25, 0.3) is 0 Å². The summed E-state index contributed by atoms with van der Waals surface area (Å²) in [4.78, 5) is 22.8. The van der Waals surface area contributed by atoms with Crippen molar-refractivity contribution in [2.45, 2.75) is 19.4 Å². The van der Waals surface area contributed by atoms with Crippen molar-refractivity contribution < 1.29 is 14.3 Å². The predicted molar refractivity (Wildman–Crippen MR) is 41.3 cm³/mol. The van der Waals surface area contributed by atoms with Gasteiger partial charge in [-0.2, -0.15) is 0 Å². The molecular formula is C7H12N2O3. The van der Waals surface area contributed by atoms with E-state index in [1.165, 1.54) is 6.92 Å². The normalized spacial score (nSPS) is 22.4. The highest BCUT2D eigenvalue weighted by molar-refractivity contribution is 5.73. The minimum Gasteiger partial charge on any atom is -0.444 e. The van der Waals surface area contributed by atoms with Crippen molar-refractivity contribution in [3.63, 3.8) is 0 Å². The molecule has 5 nitrogen and oxygen atoms in total. The monoisotopic (exact) mass is 172 g/mol. The lowest BCUT2D eigenvalue weighted by Gasteiger charge is -2.13. The molecule has 1 fully saturated rings. The summed E-state index contributed by atoms with van der Waals surface area (Å²) in [6, 6.07) is 0. The molecular weight excluding hydrogens is 160 g/mol. The van der Waals surface area contributed by atoms with E-state index in [1.54, 1.807) is 4.90 Å². The molecule has 0 aromatic rings. The molecule has 68 valence electrons. The third-order valence-electron chi connectivity index (χ3n) is 1.87. The van der Waals surface area contributed by atoms with E-state index in [9.17, 15) is 9.59 Å². The summed E-state index contributed by atoms with van der Waals surface area (Å²) in [7, 11) is 0. The number of carbonyl (C=O) groups excluding carboxylic acids is 2. The maximum atomic E-state index is 10.8. The molecule has 1 atom stereocenters. The fourth-order valence-electron chi connectivity index (χ4n) is 1.27. The largest absolute Gasteiger partial charge is 0.444 e. The van der Waals surface area contributed by atoms with Gasteiger partial charge in [0, 0.05) is 19.9 Å². The summed E-state index contributed by atoms with van der Waals surface area (Å²) < 4.78 is 4.74. The number of likely N-dealkylation sites (tertiary alicyclic amines) is 1. The highest BCUT2D eigenvalue weighted by atomic mass is 16.6. The number of carbonyl (C=O) groups is 2. The number of hydrogen-bond acceptors (Lipinski definition) is 3. The van der Waals surface area contributed by atoms with Gasteiger partial charge < -0.3 is 15.4 Å². The molecule has 0 saturated carbocycles. The number of ether oxygens (including phenoxy) is 1. The number of rotatable bonds is 1. The van der Waals surface area contributed by atoms with E-state index in [0.717, 1.165) is 0 Å². The second kappa shape index (κ2) is 3.42. The fraction of sp³-hybridized carbons (Fsp3) is 0.714. The first-order valence-electron chi connectivity index (χ1n) is 3.81. The van der Waals surface area contributed by atoms with Gasteiger partial charge in [0.05, 0.1) is 6.54 Å². The molecule has 0 bridgehead atoms. The first-order valence-corrected chi connectivity index (χ1v) is 3.81. The molecule has 1 heterocycles. The maximum Gasteiger partial charge on any atom is 0.404 e. The number of amides is 2. The fourth-order valence-corrected chi connectivity index (χ4v) is 1.27. The van der Waals surface area contributed by atoms with Gasteiger partial charge in [-0.05, 0) is 0 Å². The maximum absolute atomic E-state index is 10.8. The summed E-state index contributed by atoms with van der Waals surface area (Å²) in [6.07, 6.45) is -0.306. The quantitative estimate of drug-likeness (QED) is 0.590. The van der Waals surface area contributed by atoms with Gasteiger partial charge in [-0.15, -0.1) is 0 Å². The highest BCUT2D eigenvalue weighted by Gasteiger charge is 2.26. The Labute approximate surface area is 70.5 Å². The average Bonchev–Trinajstić information content (AvgIpc) is 2.34. The third-order valence-corrected chi connectivity index (χ3v) is 1.87. The lowest BCUT2D eigenvalue weighted by Crippen LogP contribution is -2.29. The Bertz CT molecular complexity index is 205. The van der Waals surface area contributed by atoms with Crippen LogP contribution >= 0.6 is 0 Å². The molecule has 5 heteroatoms. The molecule has 1 rings (SSSR count). The lowest BCUT2D eigenvalue weighted by atomic mass is 10.3. The smallest absolute Gasteiger partial charge is 0.404 e. The van der Waals surface area contributed by atoms with E-state index in [2.05, 4.69) is 0 Å². The van der Waals surface area contributed by atoms with Gasteiger partial charge in [-0.25, -0.2) is 4.79 Å². The van der Waals surface area contributed by atoms with Crippen LogP contribution in [0.1, 0.15) is 13.3 Å². The zero-order valence-electron chi connectivity index (χ0n) is 6.95. The highest BCUT2D eigenvalue weighted by Crippen LogP contribution is 2.12. The molecule has 2 amide bonds. The number of primary amides is 1. The van der Waals surface area contributed by atoms with Crippen LogP contribution in [0.15, 0.2) is 0 Å². The lowest BCUT2D eigenvalue weighted by molar-refractivity contribution is -0.128. The standard InChI is InChI=1S/C7H12N2O3/c1-5(10)9-3-2-6(4-9)12-7(8)11/h6H,2-4H2,1H3,(H2,8,11). The summed E-state index contributed by atoms with van der Waals surface area (Å²) >= 11 is 0. The Morgan fingerprint density at radius 1 is 1.58 bits per heavy atom. The molecule has 0 aromatic heterocycles. The van der Waals surface area contributed by atoms with Crippen LogP contribution in [-0.2, 0) is 9.53 Å². The third kappa shape index (κ3) is 2.11. The Morgan fingerprint density at radius 3 is 2.67 bits per heavy atom. The zero-order chi connectivity index (χ0) is 9.14. The molecule has 0 spiro atoms. The van der Waals surface area contributed by atoms with Crippen molar-refractivity contribution in [1.82, 2.24) is 4.90 Å². The molecule has 0 aromatic carbocycles. The van der Waals surface area contributed by atoms with Gasteiger partial charge >= 0.3 is 6.09 Å².